The maximum absolute atomic E-state index is 12.7. The minimum absolute atomic E-state index is 0.167. The molecule has 2 aromatic heterocycles. The standard InChI is InChI=1S/C19H20N4OS/c1-13(2)23-17(10-12-21-23)22-18(24)16-5-4-11-20-19(16)25-15-8-6-14(3)7-9-15/h4-13H,1-3H3,(H,22,24). The third-order valence-electron chi connectivity index (χ3n) is 3.65. The first-order valence-electron chi connectivity index (χ1n) is 8.09. The lowest BCUT2D eigenvalue weighted by atomic mass is 10.2. The first-order chi connectivity index (χ1) is 12.0. The number of hydrogen-bond donors (Lipinski definition) is 1. The number of aromatic nitrogens is 3. The number of carbonyl (C=O) groups is 1. The zero-order valence-corrected chi connectivity index (χ0v) is 15.2. The van der Waals surface area contributed by atoms with Crippen molar-refractivity contribution in [2.45, 2.75) is 36.7 Å². The van der Waals surface area contributed by atoms with E-state index in [0.29, 0.717) is 16.4 Å². The van der Waals surface area contributed by atoms with Crippen molar-refractivity contribution in [3.05, 3.63) is 66.0 Å². The lowest BCUT2D eigenvalue weighted by Crippen LogP contribution is -2.17. The predicted octanol–water partition coefficient (Wildman–Crippen LogP) is 4.57. The van der Waals surface area contributed by atoms with Crippen LogP contribution >= 0.6 is 11.8 Å². The van der Waals surface area contributed by atoms with E-state index in [2.05, 4.69) is 15.4 Å². The molecule has 0 spiro atoms. The maximum Gasteiger partial charge on any atom is 0.259 e. The van der Waals surface area contributed by atoms with Gasteiger partial charge in [0.2, 0.25) is 0 Å². The fourth-order valence-corrected chi connectivity index (χ4v) is 3.25. The van der Waals surface area contributed by atoms with E-state index in [0.717, 1.165) is 4.90 Å². The Morgan fingerprint density at radius 3 is 2.60 bits per heavy atom. The fourth-order valence-electron chi connectivity index (χ4n) is 2.37. The Labute approximate surface area is 151 Å². The van der Waals surface area contributed by atoms with Gasteiger partial charge in [-0.1, -0.05) is 29.5 Å². The first-order valence-corrected chi connectivity index (χ1v) is 8.90. The van der Waals surface area contributed by atoms with E-state index in [9.17, 15) is 4.79 Å². The smallest absolute Gasteiger partial charge is 0.259 e. The number of benzene rings is 1. The Balaban J connectivity index is 1.83. The van der Waals surface area contributed by atoms with Crippen molar-refractivity contribution < 1.29 is 4.79 Å². The van der Waals surface area contributed by atoms with Gasteiger partial charge in [-0.2, -0.15) is 5.10 Å². The molecule has 0 aliphatic carbocycles. The lowest BCUT2D eigenvalue weighted by Gasteiger charge is -2.13. The van der Waals surface area contributed by atoms with E-state index in [4.69, 9.17) is 0 Å². The second kappa shape index (κ2) is 7.53. The normalized spacial score (nSPS) is 10.9. The molecule has 1 amide bonds. The summed E-state index contributed by atoms with van der Waals surface area (Å²) in [5.74, 6) is 0.486. The summed E-state index contributed by atoms with van der Waals surface area (Å²) in [6.07, 6.45) is 3.38. The number of pyridine rings is 1. The van der Waals surface area contributed by atoms with Gasteiger partial charge in [0.15, 0.2) is 0 Å². The molecule has 1 N–H and O–H groups in total. The van der Waals surface area contributed by atoms with Crippen LogP contribution in [0.3, 0.4) is 0 Å². The average molecular weight is 352 g/mol. The van der Waals surface area contributed by atoms with Crippen LogP contribution in [0.15, 0.2) is 64.8 Å². The fraction of sp³-hybridized carbons (Fsp3) is 0.211. The highest BCUT2D eigenvalue weighted by Crippen LogP contribution is 2.29. The van der Waals surface area contributed by atoms with Gasteiger partial charge in [-0.05, 0) is 45.0 Å². The van der Waals surface area contributed by atoms with Crippen LogP contribution < -0.4 is 5.32 Å². The molecular formula is C19H20N4OS. The number of amides is 1. The van der Waals surface area contributed by atoms with Crippen molar-refractivity contribution in [3.8, 4) is 0 Å². The van der Waals surface area contributed by atoms with E-state index in [1.165, 1.54) is 17.3 Å². The summed E-state index contributed by atoms with van der Waals surface area (Å²) < 4.78 is 1.78. The van der Waals surface area contributed by atoms with Gasteiger partial charge in [0, 0.05) is 23.2 Å². The van der Waals surface area contributed by atoms with Gasteiger partial charge in [-0.3, -0.25) is 4.79 Å². The summed E-state index contributed by atoms with van der Waals surface area (Å²) in [6, 6.07) is 13.7. The molecule has 0 bridgehead atoms. The highest BCUT2D eigenvalue weighted by Gasteiger charge is 2.16. The van der Waals surface area contributed by atoms with Crippen LogP contribution in [-0.2, 0) is 0 Å². The van der Waals surface area contributed by atoms with Crippen LogP contribution in [0.5, 0.6) is 0 Å². The van der Waals surface area contributed by atoms with Crippen molar-refractivity contribution in [2.24, 2.45) is 0 Å². The number of rotatable bonds is 5. The van der Waals surface area contributed by atoms with E-state index in [1.54, 1.807) is 35.3 Å². The molecular weight excluding hydrogens is 332 g/mol. The summed E-state index contributed by atoms with van der Waals surface area (Å²) in [4.78, 5) is 18.2. The highest BCUT2D eigenvalue weighted by atomic mass is 32.2. The molecule has 25 heavy (non-hydrogen) atoms. The second-order valence-electron chi connectivity index (χ2n) is 5.98. The van der Waals surface area contributed by atoms with Gasteiger partial charge < -0.3 is 5.32 Å². The van der Waals surface area contributed by atoms with Crippen molar-refractivity contribution >= 4 is 23.5 Å². The topological polar surface area (TPSA) is 59.8 Å². The van der Waals surface area contributed by atoms with Gasteiger partial charge in [0.25, 0.3) is 5.91 Å². The molecule has 5 nitrogen and oxygen atoms in total. The monoisotopic (exact) mass is 352 g/mol. The third-order valence-corrected chi connectivity index (χ3v) is 4.68. The number of hydrogen-bond acceptors (Lipinski definition) is 4. The van der Waals surface area contributed by atoms with Crippen molar-refractivity contribution in [2.75, 3.05) is 5.32 Å². The quantitative estimate of drug-likeness (QED) is 0.731. The molecule has 6 heteroatoms. The molecule has 0 fully saturated rings. The number of nitrogens with zero attached hydrogens (tertiary/aromatic N) is 3. The lowest BCUT2D eigenvalue weighted by molar-refractivity contribution is 0.102. The van der Waals surface area contributed by atoms with Crippen LogP contribution in [0, 0.1) is 6.92 Å². The van der Waals surface area contributed by atoms with Crippen LogP contribution in [0.25, 0.3) is 0 Å². The van der Waals surface area contributed by atoms with Crippen molar-refractivity contribution in [1.29, 1.82) is 0 Å². The van der Waals surface area contributed by atoms with Gasteiger partial charge >= 0.3 is 0 Å². The molecule has 0 atom stereocenters. The summed E-state index contributed by atoms with van der Waals surface area (Å²) in [6.45, 7) is 6.09. The summed E-state index contributed by atoms with van der Waals surface area (Å²) in [7, 11) is 0. The predicted molar refractivity (Wildman–Crippen MR) is 100 cm³/mol. The minimum atomic E-state index is -0.190. The van der Waals surface area contributed by atoms with E-state index < -0.39 is 0 Å². The zero-order valence-electron chi connectivity index (χ0n) is 14.4. The Morgan fingerprint density at radius 1 is 1.12 bits per heavy atom. The highest BCUT2D eigenvalue weighted by molar-refractivity contribution is 7.99. The average Bonchev–Trinajstić information content (AvgIpc) is 3.06. The molecule has 3 aromatic rings. The largest absolute Gasteiger partial charge is 0.307 e. The van der Waals surface area contributed by atoms with Gasteiger partial charge in [0.05, 0.1) is 11.8 Å². The zero-order chi connectivity index (χ0) is 17.8. The van der Waals surface area contributed by atoms with E-state index in [-0.39, 0.29) is 11.9 Å². The summed E-state index contributed by atoms with van der Waals surface area (Å²) in [5, 5.41) is 7.85. The van der Waals surface area contributed by atoms with Crippen LogP contribution in [0.1, 0.15) is 35.8 Å². The SMILES string of the molecule is Cc1ccc(Sc2ncccc2C(=O)Nc2ccnn2C(C)C)cc1. The molecule has 2 heterocycles. The van der Waals surface area contributed by atoms with Gasteiger partial charge in [-0.25, -0.2) is 9.67 Å². The number of anilines is 1. The Bertz CT molecular complexity index is 871. The van der Waals surface area contributed by atoms with E-state index in [1.807, 2.05) is 45.0 Å². The Kier molecular flexibility index (Phi) is 5.19. The van der Waals surface area contributed by atoms with Gasteiger partial charge in [-0.15, -0.1) is 0 Å². The molecule has 0 unspecified atom stereocenters. The Hall–Kier alpha value is -2.60. The molecule has 0 saturated heterocycles. The molecule has 128 valence electrons. The van der Waals surface area contributed by atoms with Crippen LogP contribution in [0.4, 0.5) is 5.82 Å². The summed E-state index contributed by atoms with van der Waals surface area (Å²) in [5.41, 5.74) is 1.75. The first kappa shape index (κ1) is 17.2. The van der Waals surface area contributed by atoms with Crippen molar-refractivity contribution in [3.63, 3.8) is 0 Å². The Morgan fingerprint density at radius 2 is 1.88 bits per heavy atom. The third kappa shape index (κ3) is 4.09. The van der Waals surface area contributed by atoms with Gasteiger partial charge in [0.1, 0.15) is 10.8 Å². The minimum Gasteiger partial charge on any atom is -0.307 e. The molecule has 3 rings (SSSR count). The number of aryl methyl sites for hydroxylation is 1. The molecule has 0 aliphatic heterocycles. The number of nitrogens with one attached hydrogen (secondary N) is 1. The van der Waals surface area contributed by atoms with Crippen molar-refractivity contribution in [1.82, 2.24) is 14.8 Å². The van der Waals surface area contributed by atoms with Crippen LogP contribution in [0.2, 0.25) is 0 Å². The maximum atomic E-state index is 12.7. The summed E-state index contributed by atoms with van der Waals surface area (Å²) >= 11 is 1.48. The molecule has 0 saturated carbocycles. The second-order valence-corrected chi connectivity index (χ2v) is 7.04. The van der Waals surface area contributed by atoms with Crippen LogP contribution in [-0.4, -0.2) is 20.7 Å². The number of carbonyl (C=O) groups excluding carboxylic acids is 1. The molecule has 1 aromatic carbocycles. The molecule has 0 radical (unpaired) electrons. The molecule has 0 aliphatic rings. The van der Waals surface area contributed by atoms with E-state index >= 15 is 0 Å².